The highest BCUT2D eigenvalue weighted by atomic mass is 12.0. The monoisotopic (exact) mass is 75.1 g/mol. The molecule has 0 spiro atoms. The van der Waals surface area contributed by atoms with Gasteiger partial charge in [0.2, 0.25) is 0 Å². The summed E-state index contributed by atoms with van der Waals surface area (Å²) in [5.41, 5.74) is 0. The molecule has 3 radical (unpaired) electrons. The van der Waals surface area contributed by atoms with E-state index in [1.165, 1.54) is 0 Å². The van der Waals surface area contributed by atoms with E-state index in [2.05, 4.69) is 0 Å². The van der Waals surface area contributed by atoms with Gasteiger partial charge in [-0.2, -0.15) is 0 Å². The van der Waals surface area contributed by atoms with E-state index in [-0.39, 0.29) is 38.1 Å². The third kappa shape index (κ3) is 4110. The van der Waals surface area contributed by atoms with Crippen LogP contribution in [0.15, 0.2) is 0 Å². The lowest BCUT2D eigenvalue weighted by atomic mass is 10.8. The van der Waals surface area contributed by atoms with Crippen LogP contribution in [0.5, 0.6) is 0 Å². The van der Waals surface area contributed by atoms with Crippen LogP contribution in [0, 0.1) is 0 Å². The molecule has 0 aromatic rings. The van der Waals surface area contributed by atoms with E-state index in [9.17, 15) is 0 Å². The van der Waals surface area contributed by atoms with Crippen molar-refractivity contribution in [3.05, 3.63) is 0 Å². The fraction of sp³-hybridized carbons (Fsp3) is 1.00. The SMILES string of the molecule is C.C.C.C.[B]. The lowest BCUT2D eigenvalue weighted by molar-refractivity contribution is 2.50. The molecule has 0 aliphatic heterocycles. The summed E-state index contributed by atoms with van der Waals surface area (Å²) >= 11 is 0. The van der Waals surface area contributed by atoms with E-state index in [4.69, 9.17) is 0 Å². The number of hydrogen-bond acceptors (Lipinski definition) is 0. The Morgan fingerprint density at radius 3 is 0.400 bits per heavy atom. The molecule has 0 bridgehead atoms. The average molecular weight is 75.0 g/mol. The molecule has 0 saturated carbocycles. The Balaban J connectivity index is 0. The van der Waals surface area contributed by atoms with Crippen LogP contribution in [0.4, 0.5) is 0 Å². The summed E-state index contributed by atoms with van der Waals surface area (Å²) in [6, 6.07) is 0. The van der Waals surface area contributed by atoms with E-state index in [1.54, 1.807) is 0 Å². The van der Waals surface area contributed by atoms with Crippen LogP contribution in [0.3, 0.4) is 0 Å². The Bertz CT molecular complexity index is 3.61. The minimum atomic E-state index is 0. The van der Waals surface area contributed by atoms with E-state index in [0.717, 1.165) is 0 Å². The molecule has 0 unspecified atom stereocenters. The predicted octanol–water partition coefficient (Wildman–Crippen LogP) is 2.16. The van der Waals surface area contributed by atoms with Crippen LogP contribution in [-0.2, 0) is 0 Å². The molecule has 0 nitrogen and oxygen atoms in total. The van der Waals surface area contributed by atoms with Crippen molar-refractivity contribution < 1.29 is 0 Å². The Labute approximate surface area is 39.2 Å². The highest BCUT2D eigenvalue weighted by molar-refractivity contribution is 5.75. The molecule has 1 heteroatoms. The van der Waals surface area contributed by atoms with E-state index < -0.39 is 0 Å². The van der Waals surface area contributed by atoms with Gasteiger partial charge in [0.15, 0.2) is 0 Å². The Morgan fingerprint density at radius 1 is 0.400 bits per heavy atom. The van der Waals surface area contributed by atoms with Gasteiger partial charge in [0.1, 0.15) is 0 Å². The summed E-state index contributed by atoms with van der Waals surface area (Å²) in [6.07, 6.45) is 0. The van der Waals surface area contributed by atoms with Gasteiger partial charge >= 0.3 is 0 Å². The summed E-state index contributed by atoms with van der Waals surface area (Å²) in [5, 5.41) is 0. The molecule has 0 aromatic heterocycles. The van der Waals surface area contributed by atoms with Crippen molar-refractivity contribution in [2.75, 3.05) is 0 Å². The Kier molecular flexibility index (Phi) is 35900000. The van der Waals surface area contributed by atoms with Crippen LogP contribution in [0.1, 0.15) is 29.7 Å². The van der Waals surface area contributed by atoms with Crippen LogP contribution in [0.25, 0.3) is 0 Å². The van der Waals surface area contributed by atoms with Gasteiger partial charge in [0.25, 0.3) is 0 Å². The molecule has 0 fully saturated rings. The largest absolute Gasteiger partial charge is 0.0776 e. The van der Waals surface area contributed by atoms with Crippen molar-refractivity contribution in [2.24, 2.45) is 0 Å². The maximum absolute atomic E-state index is 0. The molecular weight excluding hydrogens is 58.9 g/mol. The van der Waals surface area contributed by atoms with E-state index >= 15 is 0 Å². The van der Waals surface area contributed by atoms with Gasteiger partial charge in [-0.15, -0.1) is 0 Å². The molecule has 0 N–H and O–H groups in total. The number of hydrogen-bond donors (Lipinski definition) is 0. The second-order valence-electron chi connectivity index (χ2n) is 0. The number of rotatable bonds is 0. The van der Waals surface area contributed by atoms with E-state index in [0.29, 0.717) is 0 Å². The summed E-state index contributed by atoms with van der Waals surface area (Å²) in [5.74, 6) is 0. The smallest absolute Gasteiger partial charge is 0 e. The standard InChI is InChI=1S/4CH4.B/h4*1H4;. The lowest BCUT2D eigenvalue weighted by Crippen LogP contribution is -0.381. The lowest BCUT2D eigenvalue weighted by Gasteiger charge is -0.0786. The van der Waals surface area contributed by atoms with E-state index in [1.807, 2.05) is 0 Å². The van der Waals surface area contributed by atoms with Crippen molar-refractivity contribution in [3.8, 4) is 0 Å². The van der Waals surface area contributed by atoms with Crippen molar-refractivity contribution >= 4 is 8.41 Å². The van der Waals surface area contributed by atoms with Gasteiger partial charge in [-0.25, -0.2) is 0 Å². The molecule has 0 atom stereocenters. The fourth-order valence-electron chi connectivity index (χ4n) is 0. The van der Waals surface area contributed by atoms with Gasteiger partial charge in [0.05, 0.1) is 0 Å². The zero-order valence-electron chi connectivity index (χ0n) is 0.577. The molecule has 0 heterocycles. The first-order valence-electron chi connectivity index (χ1n) is 0. The van der Waals surface area contributed by atoms with Gasteiger partial charge in [0, 0.05) is 8.41 Å². The van der Waals surface area contributed by atoms with Crippen molar-refractivity contribution in [2.45, 2.75) is 29.7 Å². The predicted molar refractivity (Wildman–Crippen MR) is 32.7 cm³/mol. The van der Waals surface area contributed by atoms with Gasteiger partial charge in [-0.05, 0) is 0 Å². The first-order chi connectivity index (χ1) is 0. The molecule has 5 heavy (non-hydrogen) atoms. The highest BCUT2D eigenvalue weighted by Gasteiger charge is 0.0000536. The Hall–Kier alpha value is 0.0649. The molecule has 0 amide bonds. The van der Waals surface area contributed by atoms with Gasteiger partial charge in [-0.1, -0.05) is 29.7 Å². The Morgan fingerprint density at radius 2 is 0.400 bits per heavy atom. The summed E-state index contributed by atoms with van der Waals surface area (Å²) in [7, 11) is 0. The zero-order chi connectivity index (χ0) is 0. The minimum absolute atomic E-state index is 0. The zero-order valence-corrected chi connectivity index (χ0v) is 0.577. The molecule has 35 valence electrons. The van der Waals surface area contributed by atoms with Crippen molar-refractivity contribution in [3.63, 3.8) is 0 Å². The van der Waals surface area contributed by atoms with Crippen LogP contribution in [0.2, 0.25) is 0 Å². The maximum Gasteiger partial charge on any atom is 0 e. The van der Waals surface area contributed by atoms with Crippen LogP contribution < -0.4 is 0 Å². The van der Waals surface area contributed by atoms with Crippen molar-refractivity contribution in [1.29, 1.82) is 0 Å². The topological polar surface area (TPSA) is 0 Å². The highest BCUT2D eigenvalue weighted by Crippen LogP contribution is 0.147. The fourth-order valence-corrected chi connectivity index (χ4v) is 0. The normalized spacial score (nSPS) is 0. The van der Waals surface area contributed by atoms with Crippen LogP contribution in [-0.4, -0.2) is 8.41 Å². The summed E-state index contributed by atoms with van der Waals surface area (Å²) in [6.45, 7) is 0. The average Bonchev–Trinajstić information content (AvgIpc) is 0. The quantitative estimate of drug-likeness (QED) is 0.387. The molecule has 0 aromatic carbocycles. The summed E-state index contributed by atoms with van der Waals surface area (Å²) in [4.78, 5) is 0. The van der Waals surface area contributed by atoms with Crippen LogP contribution >= 0.6 is 0 Å². The van der Waals surface area contributed by atoms with Gasteiger partial charge in [-0.3, -0.25) is 0 Å². The minimum Gasteiger partial charge on any atom is -0.0776 e. The molecule has 0 rings (SSSR count). The molecule has 0 aliphatic rings. The maximum atomic E-state index is 0. The first kappa shape index (κ1) is 19800. The second kappa shape index (κ2) is 9060. The molecule has 0 saturated heterocycles. The summed E-state index contributed by atoms with van der Waals surface area (Å²) < 4.78 is 0. The third-order valence-electron chi connectivity index (χ3n) is 0. The van der Waals surface area contributed by atoms with Crippen molar-refractivity contribution in [1.82, 2.24) is 0 Å². The molecule has 0 aliphatic carbocycles. The third-order valence-corrected chi connectivity index (χ3v) is 0. The van der Waals surface area contributed by atoms with Gasteiger partial charge < -0.3 is 0 Å². The molecular formula is C4H16B. The first-order valence-corrected chi connectivity index (χ1v) is 0. The second-order valence-corrected chi connectivity index (χ2v) is 0.